The van der Waals surface area contributed by atoms with Gasteiger partial charge in [0.05, 0.1) is 0 Å². The Morgan fingerprint density at radius 2 is 1.82 bits per heavy atom. The summed E-state index contributed by atoms with van der Waals surface area (Å²) in [5.74, 6) is 1.77. The lowest BCUT2D eigenvalue weighted by atomic mass is 9.78. The number of allylic oxidation sites excluding steroid dienone is 3. The SMILES string of the molecule is C=C1[C@@H]2C=C[C@H](c3ccccc3)[C@H]1C[C@H]2CO. The van der Waals surface area contributed by atoms with Gasteiger partial charge in [0, 0.05) is 18.4 Å². The van der Waals surface area contributed by atoms with E-state index in [9.17, 15) is 5.11 Å². The van der Waals surface area contributed by atoms with Gasteiger partial charge in [-0.25, -0.2) is 0 Å². The Morgan fingerprint density at radius 3 is 2.53 bits per heavy atom. The molecule has 2 aliphatic carbocycles. The number of aliphatic hydroxyl groups is 1. The molecule has 0 radical (unpaired) electrons. The maximum Gasteiger partial charge on any atom is 0.0468 e. The molecule has 88 valence electrons. The molecule has 1 aromatic rings. The van der Waals surface area contributed by atoms with Gasteiger partial charge in [-0.15, -0.1) is 0 Å². The number of aliphatic hydroxyl groups excluding tert-OH is 1. The fraction of sp³-hybridized carbons (Fsp3) is 0.375. The summed E-state index contributed by atoms with van der Waals surface area (Å²) in [5, 5.41) is 9.41. The van der Waals surface area contributed by atoms with Crippen LogP contribution in [0.2, 0.25) is 0 Å². The predicted molar refractivity (Wildman–Crippen MR) is 69.6 cm³/mol. The van der Waals surface area contributed by atoms with Gasteiger partial charge in [-0.2, -0.15) is 0 Å². The second-order valence-electron chi connectivity index (χ2n) is 5.21. The fourth-order valence-electron chi connectivity index (χ4n) is 3.41. The van der Waals surface area contributed by atoms with Crippen LogP contribution in [0.15, 0.2) is 54.6 Å². The highest BCUT2D eigenvalue weighted by Crippen LogP contribution is 2.51. The van der Waals surface area contributed by atoms with E-state index in [2.05, 4.69) is 49.1 Å². The Kier molecular flexibility index (Phi) is 2.64. The predicted octanol–water partition coefficient (Wildman–Crippen LogP) is 3.14. The number of rotatable bonds is 2. The van der Waals surface area contributed by atoms with Gasteiger partial charge in [-0.05, 0) is 23.8 Å². The first-order valence-corrected chi connectivity index (χ1v) is 6.34. The molecule has 4 atom stereocenters. The summed E-state index contributed by atoms with van der Waals surface area (Å²) >= 11 is 0. The van der Waals surface area contributed by atoms with E-state index in [1.807, 2.05) is 0 Å². The number of benzene rings is 1. The second kappa shape index (κ2) is 4.15. The Balaban J connectivity index is 1.94. The monoisotopic (exact) mass is 226 g/mol. The van der Waals surface area contributed by atoms with E-state index < -0.39 is 0 Å². The Hall–Kier alpha value is -1.34. The summed E-state index contributed by atoms with van der Waals surface area (Å²) in [5.41, 5.74) is 2.69. The van der Waals surface area contributed by atoms with E-state index >= 15 is 0 Å². The van der Waals surface area contributed by atoms with E-state index in [1.165, 1.54) is 11.1 Å². The molecule has 1 N–H and O–H groups in total. The lowest BCUT2D eigenvalue weighted by Crippen LogP contribution is -2.15. The minimum atomic E-state index is 0.284. The van der Waals surface area contributed by atoms with E-state index in [4.69, 9.17) is 0 Å². The first-order chi connectivity index (χ1) is 8.31. The summed E-state index contributed by atoms with van der Waals surface area (Å²) in [6, 6.07) is 10.6. The summed E-state index contributed by atoms with van der Waals surface area (Å²) in [4.78, 5) is 0. The molecular weight excluding hydrogens is 208 g/mol. The molecular formula is C16H18O. The lowest BCUT2D eigenvalue weighted by molar-refractivity contribution is 0.212. The van der Waals surface area contributed by atoms with E-state index in [0.29, 0.717) is 23.7 Å². The van der Waals surface area contributed by atoms with Gasteiger partial charge in [0.25, 0.3) is 0 Å². The van der Waals surface area contributed by atoms with Gasteiger partial charge in [0.1, 0.15) is 0 Å². The van der Waals surface area contributed by atoms with Gasteiger partial charge in [-0.1, -0.05) is 54.6 Å². The summed E-state index contributed by atoms with van der Waals surface area (Å²) < 4.78 is 0. The van der Waals surface area contributed by atoms with Gasteiger partial charge in [0.2, 0.25) is 0 Å². The molecule has 3 rings (SSSR count). The largest absolute Gasteiger partial charge is 0.396 e. The van der Waals surface area contributed by atoms with Gasteiger partial charge in [0.15, 0.2) is 0 Å². The fourth-order valence-corrected chi connectivity index (χ4v) is 3.41. The van der Waals surface area contributed by atoms with Crippen molar-refractivity contribution >= 4 is 0 Å². The van der Waals surface area contributed by atoms with Crippen molar-refractivity contribution in [3.05, 3.63) is 60.2 Å². The highest BCUT2D eigenvalue weighted by Gasteiger charge is 2.42. The van der Waals surface area contributed by atoms with Crippen LogP contribution in [0.5, 0.6) is 0 Å². The molecule has 0 aliphatic heterocycles. The average molecular weight is 226 g/mol. The Labute approximate surface area is 102 Å². The van der Waals surface area contributed by atoms with Gasteiger partial charge >= 0.3 is 0 Å². The molecule has 2 bridgehead atoms. The molecule has 0 heterocycles. The highest BCUT2D eigenvalue weighted by atomic mass is 16.3. The third-order valence-electron chi connectivity index (χ3n) is 4.35. The van der Waals surface area contributed by atoms with Gasteiger partial charge in [-0.3, -0.25) is 0 Å². The standard InChI is InChI=1S/C16H18O/c1-11-14-7-8-15(12-5-3-2-4-6-12)16(11)9-13(14)10-17/h2-8,13-17H,1,9-10H2/t13-,14-,15+,16-/m0/s1. The lowest BCUT2D eigenvalue weighted by Gasteiger charge is -2.26. The third-order valence-corrected chi connectivity index (χ3v) is 4.35. The molecule has 2 aliphatic rings. The zero-order valence-electron chi connectivity index (χ0n) is 9.92. The summed E-state index contributed by atoms with van der Waals surface area (Å²) in [6.07, 6.45) is 5.64. The van der Waals surface area contributed by atoms with Crippen LogP contribution in [-0.2, 0) is 0 Å². The van der Waals surface area contributed by atoms with Crippen molar-refractivity contribution in [1.29, 1.82) is 0 Å². The van der Waals surface area contributed by atoms with Crippen LogP contribution in [0, 0.1) is 17.8 Å². The first-order valence-electron chi connectivity index (χ1n) is 6.34. The zero-order valence-corrected chi connectivity index (χ0v) is 9.92. The van der Waals surface area contributed by atoms with E-state index in [1.54, 1.807) is 0 Å². The highest BCUT2D eigenvalue weighted by molar-refractivity contribution is 5.36. The quantitative estimate of drug-likeness (QED) is 0.768. The van der Waals surface area contributed by atoms with Crippen molar-refractivity contribution in [1.82, 2.24) is 0 Å². The molecule has 0 amide bonds. The van der Waals surface area contributed by atoms with Crippen molar-refractivity contribution < 1.29 is 5.11 Å². The molecule has 17 heavy (non-hydrogen) atoms. The maximum atomic E-state index is 9.41. The second-order valence-corrected chi connectivity index (χ2v) is 5.21. The molecule has 1 saturated carbocycles. The Bertz CT molecular complexity index is 446. The van der Waals surface area contributed by atoms with Crippen LogP contribution in [0.1, 0.15) is 17.9 Å². The first kappa shape index (κ1) is 10.8. The normalized spacial score (nSPS) is 35.2. The molecule has 1 nitrogen and oxygen atoms in total. The minimum Gasteiger partial charge on any atom is -0.396 e. The minimum absolute atomic E-state index is 0.284. The molecule has 1 heteroatoms. The maximum absolute atomic E-state index is 9.41. The van der Waals surface area contributed by atoms with Gasteiger partial charge < -0.3 is 5.11 Å². The average Bonchev–Trinajstić information content (AvgIpc) is 2.59. The van der Waals surface area contributed by atoms with E-state index in [0.717, 1.165) is 6.42 Å². The third kappa shape index (κ3) is 1.66. The molecule has 0 aromatic heterocycles. The molecule has 0 saturated heterocycles. The van der Waals surface area contributed by atoms with Crippen LogP contribution in [0.4, 0.5) is 0 Å². The number of hydrogen-bond donors (Lipinski definition) is 1. The van der Waals surface area contributed by atoms with E-state index in [-0.39, 0.29) is 6.61 Å². The topological polar surface area (TPSA) is 20.2 Å². The van der Waals surface area contributed by atoms with Crippen molar-refractivity contribution in [2.75, 3.05) is 6.61 Å². The summed E-state index contributed by atoms with van der Waals surface area (Å²) in [7, 11) is 0. The number of fused-ring (bicyclic) bond motifs is 2. The zero-order chi connectivity index (χ0) is 11.8. The van der Waals surface area contributed by atoms with Crippen molar-refractivity contribution in [3.8, 4) is 0 Å². The van der Waals surface area contributed by atoms with Crippen molar-refractivity contribution in [2.24, 2.45) is 17.8 Å². The van der Waals surface area contributed by atoms with Crippen molar-refractivity contribution in [2.45, 2.75) is 12.3 Å². The smallest absolute Gasteiger partial charge is 0.0468 e. The van der Waals surface area contributed by atoms with Crippen LogP contribution in [0.3, 0.4) is 0 Å². The molecule has 1 aromatic carbocycles. The Morgan fingerprint density at radius 1 is 1.12 bits per heavy atom. The molecule has 0 spiro atoms. The van der Waals surface area contributed by atoms with Crippen LogP contribution in [0.25, 0.3) is 0 Å². The van der Waals surface area contributed by atoms with Crippen molar-refractivity contribution in [3.63, 3.8) is 0 Å². The van der Waals surface area contributed by atoms with Crippen LogP contribution in [-0.4, -0.2) is 11.7 Å². The number of hydrogen-bond acceptors (Lipinski definition) is 1. The molecule has 0 unspecified atom stereocenters. The van der Waals surface area contributed by atoms with Crippen LogP contribution >= 0.6 is 0 Å². The molecule has 1 fully saturated rings. The summed E-state index contributed by atoms with van der Waals surface area (Å²) in [6.45, 7) is 4.53. The van der Waals surface area contributed by atoms with Crippen LogP contribution < -0.4 is 0 Å².